The van der Waals surface area contributed by atoms with Crippen molar-refractivity contribution in [1.82, 2.24) is 4.90 Å². The second-order valence-electron chi connectivity index (χ2n) is 6.56. The lowest BCUT2D eigenvalue weighted by molar-refractivity contribution is -0.150. The Kier molecular flexibility index (Phi) is 5.71. The molecular formula is C21H26N2O2. The molecule has 4 nitrogen and oxygen atoms in total. The minimum absolute atomic E-state index is 0.141. The van der Waals surface area contributed by atoms with Gasteiger partial charge in [0.15, 0.2) is 0 Å². The second kappa shape index (κ2) is 8.17. The molecule has 1 fully saturated rings. The van der Waals surface area contributed by atoms with Crippen LogP contribution in [0.5, 0.6) is 0 Å². The summed E-state index contributed by atoms with van der Waals surface area (Å²) in [7, 11) is 0. The number of likely N-dealkylation sites (tertiary alicyclic amines) is 1. The van der Waals surface area contributed by atoms with Crippen LogP contribution in [-0.2, 0) is 16.1 Å². The summed E-state index contributed by atoms with van der Waals surface area (Å²) in [5.41, 5.74) is 1.64. The van der Waals surface area contributed by atoms with Crippen LogP contribution >= 0.6 is 0 Å². The van der Waals surface area contributed by atoms with Crippen LogP contribution < -0.4 is 5.32 Å². The summed E-state index contributed by atoms with van der Waals surface area (Å²) in [4.78, 5) is 15.1. The first-order chi connectivity index (χ1) is 12.2. The van der Waals surface area contributed by atoms with Gasteiger partial charge in [0.25, 0.3) is 0 Å². The van der Waals surface area contributed by atoms with Gasteiger partial charge in [-0.3, -0.25) is 4.90 Å². The third-order valence-corrected chi connectivity index (χ3v) is 4.78. The zero-order valence-corrected chi connectivity index (χ0v) is 14.8. The maximum absolute atomic E-state index is 12.7. The van der Waals surface area contributed by atoms with Gasteiger partial charge in [-0.15, -0.1) is 0 Å². The topological polar surface area (TPSA) is 41.6 Å². The van der Waals surface area contributed by atoms with Gasteiger partial charge in [0.1, 0.15) is 5.54 Å². The molecular weight excluding hydrogens is 312 g/mol. The summed E-state index contributed by atoms with van der Waals surface area (Å²) in [6.45, 7) is 4.93. The molecule has 3 rings (SSSR count). The highest BCUT2D eigenvalue weighted by atomic mass is 16.5. The van der Waals surface area contributed by atoms with Crippen molar-refractivity contribution >= 4 is 11.7 Å². The molecule has 1 heterocycles. The molecule has 2 aromatic rings. The summed E-state index contributed by atoms with van der Waals surface area (Å²) in [6.07, 6.45) is 1.49. The van der Waals surface area contributed by atoms with Gasteiger partial charge in [-0.25, -0.2) is 4.79 Å². The van der Waals surface area contributed by atoms with E-state index in [-0.39, 0.29) is 5.97 Å². The quantitative estimate of drug-likeness (QED) is 0.816. The fraction of sp³-hybridized carbons (Fsp3) is 0.381. The molecule has 0 spiro atoms. The van der Waals surface area contributed by atoms with E-state index in [2.05, 4.69) is 34.5 Å². The van der Waals surface area contributed by atoms with Crippen LogP contribution in [-0.4, -0.2) is 36.1 Å². The first-order valence-electron chi connectivity index (χ1n) is 8.98. The van der Waals surface area contributed by atoms with Crippen LogP contribution in [0.3, 0.4) is 0 Å². The molecule has 0 bridgehead atoms. The molecule has 0 unspecified atom stereocenters. The van der Waals surface area contributed by atoms with Crippen LogP contribution in [0.4, 0.5) is 5.69 Å². The van der Waals surface area contributed by atoms with Crippen molar-refractivity contribution in [2.75, 3.05) is 25.0 Å². The zero-order chi connectivity index (χ0) is 17.5. The van der Waals surface area contributed by atoms with Crippen LogP contribution in [0.1, 0.15) is 25.3 Å². The highest BCUT2D eigenvalue weighted by molar-refractivity contribution is 5.84. The molecule has 1 N–H and O–H groups in total. The lowest BCUT2D eigenvalue weighted by Gasteiger charge is -2.41. The maximum atomic E-state index is 12.7. The minimum Gasteiger partial charge on any atom is -0.464 e. The molecule has 0 atom stereocenters. The number of carbonyl (C=O) groups is 1. The predicted octanol–water partition coefficient (Wildman–Crippen LogP) is 3.70. The van der Waals surface area contributed by atoms with Crippen molar-refractivity contribution in [2.24, 2.45) is 0 Å². The van der Waals surface area contributed by atoms with E-state index in [1.165, 1.54) is 5.56 Å². The molecule has 132 valence electrons. The fourth-order valence-corrected chi connectivity index (χ4v) is 3.38. The molecule has 25 heavy (non-hydrogen) atoms. The molecule has 4 heteroatoms. The van der Waals surface area contributed by atoms with E-state index in [4.69, 9.17) is 4.74 Å². The van der Waals surface area contributed by atoms with Gasteiger partial charge in [-0.2, -0.15) is 0 Å². The summed E-state index contributed by atoms with van der Waals surface area (Å²) in [6, 6.07) is 20.4. The van der Waals surface area contributed by atoms with Gasteiger partial charge in [0.05, 0.1) is 6.61 Å². The van der Waals surface area contributed by atoms with Gasteiger partial charge < -0.3 is 10.1 Å². The molecule has 0 radical (unpaired) electrons. The predicted molar refractivity (Wildman–Crippen MR) is 100 cm³/mol. The molecule has 1 saturated heterocycles. The smallest absolute Gasteiger partial charge is 0.331 e. The van der Waals surface area contributed by atoms with Crippen LogP contribution in [0.25, 0.3) is 0 Å². The normalized spacial score (nSPS) is 17.0. The lowest BCUT2D eigenvalue weighted by atomic mass is 9.86. The number of carbonyl (C=O) groups excluding carboxylic acids is 1. The van der Waals surface area contributed by atoms with Gasteiger partial charge >= 0.3 is 5.97 Å². The Bertz CT molecular complexity index is 665. The third-order valence-electron chi connectivity index (χ3n) is 4.78. The molecule has 1 aliphatic rings. The van der Waals surface area contributed by atoms with Gasteiger partial charge in [0.2, 0.25) is 0 Å². The largest absolute Gasteiger partial charge is 0.464 e. The monoisotopic (exact) mass is 338 g/mol. The summed E-state index contributed by atoms with van der Waals surface area (Å²) in [5, 5.41) is 3.46. The molecule has 0 aliphatic carbocycles. The Balaban J connectivity index is 1.69. The molecule has 2 aromatic carbocycles. The van der Waals surface area contributed by atoms with Crippen LogP contribution in [0, 0.1) is 0 Å². The first kappa shape index (κ1) is 17.5. The number of hydrogen-bond donors (Lipinski definition) is 1. The van der Waals surface area contributed by atoms with E-state index in [1.807, 2.05) is 43.3 Å². The van der Waals surface area contributed by atoms with Crippen molar-refractivity contribution in [3.63, 3.8) is 0 Å². The number of benzene rings is 2. The number of hydrogen-bond acceptors (Lipinski definition) is 4. The molecule has 0 saturated carbocycles. The number of para-hydroxylation sites is 1. The van der Waals surface area contributed by atoms with Gasteiger partial charge in [0, 0.05) is 25.3 Å². The number of rotatable bonds is 6. The van der Waals surface area contributed by atoms with Crippen molar-refractivity contribution in [3.8, 4) is 0 Å². The summed E-state index contributed by atoms with van der Waals surface area (Å²) >= 11 is 0. The van der Waals surface area contributed by atoms with Crippen molar-refractivity contribution in [3.05, 3.63) is 66.2 Å². The fourth-order valence-electron chi connectivity index (χ4n) is 3.38. The Morgan fingerprint density at radius 2 is 1.64 bits per heavy atom. The highest BCUT2D eigenvalue weighted by Gasteiger charge is 2.42. The zero-order valence-electron chi connectivity index (χ0n) is 14.8. The van der Waals surface area contributed by atoms with E-state index in [0.29, 0.717) is 6.61 Å². The van der Waals surface area contributed by atoms with Crippen LogP contribution in [0.2, 0.25) is 0 Å². The average Bonchev–Trinajstić information content (AvgIpc) is 2.65. The van der Waals surface area contributed by atoms with Gasteiger partial charge in [-0.05, 0) is 37.5 Å². The number of anilines is 1. The third kappa shape index (κ3) is 4.40. The summed E-state index contributed by atoms with van der Waals surface area (Å²) < 4.78 is 5.39. The van der Waals surface area contributed by atoms with E-state index in [1.54, 1.807) is 0 Å². The second-order valence-corrected chi connectivity index (χ2v) is 6.56. The number of ether oxygens (including phenoxy) is 1. The molecule has 0 amide bonds. The Morgan fingerprint density at radius 1 is 1.04 bits per heavy atom. The first-order valence-corrected chi connectivity index (χ1v) is 8.98. The van der Waals surface area contributed by atoms with Crippen molar-refractivity contribution in [1.29, 1.82) is 0 Å². The van der Waals surface area contributed by atoms with E-state index < -0.39 is 5.54 Å². The van der Waals surface area contributed by atoms with Crippen LogP contribution in [0.15, 0.2) is 60.7 Å². The average molecular weight is 338 g/mol. The minimum atomic E-state index is -0.634. The Morgan fingerprint density at radius 3 is 2.24 bits per heavy atom. The summed E-state index contributed by atoms with van der Waals surface area (Å²) in [5.74, 6) is -0.141. The number of piperidine rings is 1. The maximum Gasteiger partial charge on any atom is 0.331 e. The molecule has 0 aromatic heterocycles. The Labute approximate surface area is 149 Å². The van der Waals surface area contributed by atoms with E-state index >= 15 is 0 Å². The number of nitrogens with zero attached hydrogens (tertiary/aromatic N) is 1. The van der Waals surface area contributed by atoms with E-state index in [0.717, 1.165) is 38.2 Å². The number of nitrogens with one attached hydrogen (secondary N) is 1. The Hall–Kier alpha value is -2.33. The SMILES string of the molecule is CCOC(=O)C1(Nc2ccccc2)CCN(Cc2ccccc2)CC1. The van der Waals surface area contributed by atoms with Crippen molar-refractivity contribution < 1.29 is 9.53 Å². The lowest BCUT2D eigenvalue weighted by Crippen LogP contribution is -2.55. The molecule has 1 aliphatic heterocycles. The van der Waals surface area contributed by atoms with E-state index in [9.17, 15) is 4.79 Å². The van der Waals surface area contributed by atoms with Gasteiger partial charge in [-0.1, -0.05) is 48.5 Å². The number of esters is 1. The standard InChI is InChI=1S/C21H26N2O2/c1-2-25-20(24)21(22-19-11-7-4-8-12-19)13-15-23(16-14-21)17-18-9-5-3-6-10-18/h3-12,22H,2,13-17H2,1H3. The van der Waals surface area contributed by atoms with Crippen molar-refractivity contribution in [2.45, 2.75) is 31.8 Å². The highest BCUT2D eigenvalue weighted by Crippen LogP contribution is 2.29.